The Labute approximate surface area is 262 Å². The van der Waals surface area contributed by atoms with Crippen LogP contribution in [-0.2, 0) is 25.4 Å². The predicted molar refractivity (Wildman–Crippen MR) is 156 cm³/mol. The zero-order chi connectivity index (χ0) is 32.6. The van der Waals surface area contributed by atoms with E-state index in [1.807, 2.05) is 0 Å². The highest BCUT2D eigenvalue weighted by Gasteiger charge is 2.35. The summed E-state index contributed by atoms with van der Waals surface area (Å²) in [6.07, 6.45) is -4.23. The maximum atomic E-state index is 15.0. The molecule has 2 fully saturated rings. The highest BCUT2D eigenvalue weighted by atomic mass is 35.5. The lowest BCUT2D eigenvalue weighted by Crippen LogP contribution is -2.49. The number of alkyl carbamates (subject to hydrolysis) is 1. The first-order valence-electron chi connectivity index (χ1n) is 14.6. The third-order valence-electron chi connectivity index (χ3n) is 7.90. The Bertz CT molecular complexity index is 1310. The topological polar surface area (TPSA) is 124 Å². The Morgan fingerprint density at radius 3 is 2.56 bits per heavy atom. The van der Waals surface area contributed by atoms with E-state index in [1.54, 1.807) is 17.4 Å². The van der Waals surface area contributed by atoms with Crippen molar-refractivity contribution in [3.8, 4) is 0 Å². The number of alkyl halides is 3. The van der Waals surface area contributed by atoms with Gasteiger partial charge >= 0.3 is 12.3 Å². The molecule has 2 amide bonds. The molecule has 0 aromatic heterocycles. The van der Waals surface area contributed by atoms with E-state index in [0.717, 1.165) is 0 Å². The van der Waals surface area contributed by atoms with Gasteiger partial charge in [0.15, 0.2) is 0 Å². The highest BCUT2D eigenvalue weighted by Crippen LogP contribution is 2.36. The number of hydrogen-bond acceptors (Lipinski definition) is 7. The number of rotatable bonds is 11. The largest absolute Gasteiger partial charge is 0.448 e. The second kappa shape index (κ2) is 16.0. The summed E-state index contributed by atoms with van der Waals surface area (Å²) in [6.45, 7) is -0.273. The van der Waals surface area contributed by atoms with Crippen LogP contribution in [0.1, 0.15) is 36.3 Å². The van der Waals surface area contributed by atoms with Gasteiger partial charge in [-0.15, -0.1) is 0 Å². The molecule has 5 N–H and O–H groups in total. The number of morpholine rings is 1. The van der Waals surface area contributed by atoms with E-state index in [2.05, 4.69) is 10.6 Å². The molecule has 4 atom stereocenters. The molecule has 0 bridgehead atoms. The lowest BCUT2D eigenvalue weighted by Gasteiger charge is -2.34. The second-order valence-corrected chi connectivity index (χ2v) is 11.5. The number of carbonyl (C=O) groups is 2. The molecule has 2 aliphatic rings. The minimum Gasteiger partial charge on any atom is -0.448 e. The molecular weight excluding hydrogens is 627 g/mol. The summed E-state index contributed by atoms with van der Waals surface area (Å²) in [5.74, 6) is -2.28. The molecule has 0 radical (unpaired) electrons. The monoisotopic (exact) mass is 662 g/mol. The van der Waals surface area contributed by atoms with Gasteiger partial charge in [0.1, 0.15) is 24.8 Å². The van der Waals surface area contributed by atoms with Crippen molar-refractivity contribution in [3.05, 3.63) is 64.2 Å². The van der Waals surface area contributed by atoms with Gasteiger partial charge in [-0.05, 0) is 61.4 Å². The fourth-order valence-electron chi connectivity index (χ4n) is 5.54. The standard InChI is InChI=1S/C30H36ClF5N4O5/c31-22-7-4-18(12-24(22)33)26(17-8-10-43-11-9-17)27(37)28(41)40-25-3-1-2-23(32)21(25)6-5-20-13-38-19(14-44-20)15-45-29(42)39-16-30(34,35)36/h1-4,7,12,17,19-20,26-27,38H,5-6,8-11,13-16,37H2,(H,39,42)(H,40,41)/t19-,20+,26+,27-/m0/s1. The predicted octanol–water partition coefficient (Wildman–Crippen LogP) is 4.67. The average molecular weight is 663 g/mol. The maximum absolute atomic E-state index is 15.0. The number of carbonyl (C=O) groups excluding carboxylic acids is 2. The number of anilines is 1. The van der Waals surface area contributed by atoms with Gasteiger partial charge in [-0.25, -0.2) is 13.6 Å². The molecule has 15 heteroatoms. The quantitative estimate of drug-likeness (QED) is 0.258. The lowest BCUT2D eigenvalue weighted by atomic mass is 9.76. The molecule has 45 heavy (non-hydrogen) atoms. The van der Waals surface area contributed by atoms with E-state index in [1.165, 1.54) is 24.3 Å². The molecule has 4 rings (SSSR count). The summed E-state index contributed by atoms with van der Waals surface area (Å²) in [5.41, 5.74) is 7.57. The van der Waals surface area contributed by atoms with Crippen LogP contribution in [-0.4, -0.2) is 75.9 Å². The molecule has 0 saturated carbocycles. The minimum absolute atomic E-state index is 0.0415. The summed E-state index contributed by atoms with van der Waals surface area (Å²) in [4.78, 5) is 24.9. The molecular formula is C30H36ClF5N4O5. The zero-order valence-corrected chi connectivity index (χ0v) is 25.1. The normalized spacial score (nSPS) is 20.7. The summed E-state index contributed by atoms with van der Waals surface area (Å²) in [5, 5.41) is 7.45. The van der Waals surface area contributed by atoms with Crippen molar-refractivity contribution < 1.29 is 45.8 Å². The smallest absolute Gasteiger partial charge is 0.407 e. The molecule has 2 aromatic carbocycles. The van der Waals surface area contributed by atoms with Gasteiger partial charge in [-0.3, -0.25) is 4.79 Å². The molecule has 9 nitrogen and oxygen atoms in total. The van der Waals surface area contributed by atoms with E-state index in [-0.39, 0.29) is 47.9 Å². The summed E-state index contributed by atoms with van der Waals surface area (Å²) < 4.78 is 82.1. The van der Waals surface area contributed by atoms with Crippen molar-refractivity contribution >= 4 is 29.3 Å². The van der Waals surface area contributed by atoms with Gasteiger partial charge in [0, 0.05) is 36.9 Å². The van der Waals surface area contributed by atoms with Crippen molar-refractivity contribution in [1.82, 2.24) is 10.6 Å². The lowest BCUT2D eigenvalue weighted by molar-refractivity contribution is -0.124. The van der Waals surface area contributed by atoms with Crippen molar-refractivity contribution in [1.29, 1.82) is 0 Å². The Hall–Kier alpha value is -3.04. The number of hydrogen-bond donors (Lipinski definition) is 4. The van der Waals surface area contributed by atoms with Crippen LogP contribution >= 0.6 is 11.6 Å². The summed E-state index contributed by atoms with van der Waals surface area (Å²) in [7, 11) is 0. The number of benzene rings is 2. The van der Waals surface area contributed by atoms with Crippen LogP contribution in [0.4, 0.5) is 32.4 Å². The van der Waals surface area contributed by atoms with Gasteiger partial charge in [-0.2, -0.15) is 13.2 Å². The van der Waals surface area contributed by atoms with Crippen molar-refractivity contribution in [2.45, 2.75) is 56.0 Å². The number of nitrogens with two attached hydrogens (primary N) is 1. The van der Waals surface area contributed by atoms with Gasteiger partial charge in [0.25, 0.3) is 0 Å². The Kier molecular flexibility index (Phi) is 12.4. The van der Waals surface area contributed by atoms with Crippen LogP contribution in [0.3, 0.4) is 0 Å². The van der Waals surface area contributed by atoms with Gasteiger partial charge in [0.05, 0.1) is 29.8 Å². The van der Waals surface area contributed by atoms with E-state index in [4.69, 9.17) is 31.5 Å². The van der Waals surface area contributed by atoms with Crippen LogP contribution in [0.15, 0.2) is 36.4 Å². The van der Waals surface area contributed by atoms with Gasteiger partial charge in [0.2, 0.25) is 5.91 Å². The molecule has 248 valence electrons. The zero-order valence-electron chi connectivity index (χ0n) is 24.3. The maximum Gasteiger partial charge on any atom is 0.407 e. The first-order valence-corrected chi connectivity index (χ1v) is 15.0. The number of halogens is 6. The molecule has 0 aliphatic carbocycles. The van der Waals surface area contributed by atoms with Crippen molar-refractivity contribution in [3.63, 3.8) is 0 Å². The fourth-order valence-corrected chi connectivity index (χ4v) is 5.66. The average Bonchev–Trinajstić information content (AvgIpc) is 3.01. The molecule has 2 aliphatic heterocycles. The Morgan fingerprint density at radius 2 is 1.89 bits per heavy atom. The second-order valence-electron chi connectivity index (χ2n) is 11.1. The molecule has 2 saturated heterocycles. The van der Waals surface area contributed by atoms with Gasteiger partial charge < -0.3 is 35.9 Å². The third kappa shape index (κ3) is 10.2. The van der Waals surface area contributed by atoms with E-state index in [0.29, 0.717) is 44.6 Å². The minimum atomic E-state index is -4.54. The Balaban J connectivity index is 1.34. The molecule has 2 aromatic rings. The first-order chi connectivity index (χ1) is 21.4. The molecule has 0 unspecified atom stereocenters. The van der Waals surface area contributed by atoms with Crippen LogP contribution in [0, 0.1) is 17.6 Å². The summed E-state index contributed by atoms with van der Waals surface area (Å²) >= 11 is 5.89. The van der Waals surface area contributed by atoms with Crippen molar-refractivity contribution in [2.75, 3.05) is 44.8 Å². The Morgan fingerprint density at radius 1 is 1.13 bits per heavy atom. The van der Waals surface area contributed by atoms with Crippen LogP contribution in [0.25, 0.3) is 0 Å². The highest BCUT2D eigenvalue weighted by molar-refractivity contribution is 6.30. The summed E-state index contributed by atoms with van der Waals surface area (Å²) in [6, 6.07) is 7.20. The number of ether oxygens (including phenoxy) is 3. The van der Waals surface area contributed by atoms with E-state index >= 15 is 0 Å². The van der Waals surface area contributed by atoms with Crippen molar-refractivity contribution in [2.24, 2.45) is 11.7 Å². The SMILES string of the molecule is N[C@H](C(=O)Nc1cccc(F)c1CC[C@@H]1CN[C@H](COC(=O)NCC(F)(F)F)CO1)[C@@H](c1ccc(Cl)c(F)c1)C1CCOCC1. The van der Waals surface area contributed by atoms with Crippen LogP contribution in [0.2, 0.25) is 5.02 Å². The number of amides is 2. The van der Waals surface area contributed by atoms with Gasteiger partial charge in [-0.1, -0.05) is 23.7 Å². The van der Waals surface area contributed by atoms with Crippen LogP contribution in [0.5, 0.6) is 0 Å². The molecule has 2 heterocycles. The molecule has 0 spiro atoms. The third-order valence-corrected chi connectivity index (χ3v) is 8.21. The van der Waals surface area contributed by atoms with Crippen LogP contribution < -0.4 is 21.7 Å². The van der Waals surface area contributed by atoms with E-state index in [9.17, 15) is 31.5 Å². The fraction of sp³-hybridized carbons (Fsp3) is 0.533. The first kappa shape index (κ1) is 34.8. The number of nitrogens with one attached hydrogen (secondary N) is 3. The van der Waals surface area contributed by atoms with E-state index < -0.39 is 54.4 Å².